The van der Waals surface area contributed by atoms with Crippen LogP contribution in [0.2, 0.25) is 0 Å². The fraction of sp³-hybridized carbons (Fsp3) is 0.516. The zero-order valence-corrected chi connectivity index (χ0v) is 24.4. The Labute approximate surface area is 215 Å². The Kier molecular flexibility index (Phi) is 6.74. The fourth-order valence-electron chi connectivity index (χ4n) is 4.29. The SMILES string of the molecule is CC(C)(C)C1=CC(=c2cnc(=C3C=C(C(C)(C)C)C(=O)C(C(C)(C)C)=C3)s2)C=C(C(C)(C)C)C1=O. The van der Waals surface area contributed by atoms with Crippen LogP contribution in [0.3, 0.4) is 0 Å². The molecule has 0 aromatic carbocycles. The quantitative estimate of drug-likeness (QED) is 0.416. The molecule has 0 saturated heterocycles. The van der Waals surface area contributed by atoms with Crippen LogP contribution in [0.5, 0.6) is 0 Å². The molecular weight excluding hydrogens is 450 g/mol. The average molecular weight is 492 g/mol. The molecule has 3 rings (SSSR count). The first-order chi connectivity index (χ1) is 15.7. The summed E-state index contributed by atoms with van der Waals surface area (Å²) in [6, 6.07) is 0. The van der Waals surface area contributed by atoms with Gasteiger partial charge in [-0.3, -0.25) is 9.59 Å². The molecule has 2 aliphatic rings. The largest absolute Gasteiger partial charge is 0.289 e. The van der Waals surface area contributed by atoms with Crippen molar-refractivity contribution in [1.82, 2.24) is 4.98 Å². The van der Waals surface area contributed by atoms with Crippen molar-refractivity contribution in [3.8, 4) is 0 Å². The van der Waals surface area contributed by atoms with E-state index in [0.717, 1.165) is 42.6 Å². The summed E-state index contributed by atoms with van der Waals surface area (Å²) >= 11 is 1.61. The Bertz CT molecular complexity index is 1150. The molecular formula is C31H41NO2S. The summed E-state index contributed by atoms with van der Waals surface area (Å²) in [5.74, 6) is 0.260. The second kappa shape index (κ2) is 8.65. The number of thiazole rings is 1. The van der Waals surface area contributed by atoms with Gasteiger partial charge in [0, 0.05) is 34.1 Å². The number of rotatable bonds is 0. The Morgan fingerprint density at radius 3 is 1.17 bits per heavy atom. The maximum atomic E-state index is 13.3. The van der Waals surface area contributed by atoms with Gasteiger partial charge >= 0.3 is 0 Å². The second-order valence-corrected chi connectivity index (χ2v) is 14.9. The summed E-state index contributed by atoms with van der Waals surface area (Å²) in [7, 11) is 0. The molecule has 0 aliphatic heterocycles. The maximum Gasteiger partial charge on any atom is 0.186 e. The van der Waals surface area contributed by atoms with Crippen LogP contribution in [0, 0.1) is 21.7 Å². The number of aromatic nitrogens is 1. The van der Waals surface area contributed by atoms with Gasteiger partial charge in [-0.15, -0.1) is 11.3 Å². The number of hydrogen-bond donors (Lipinski definition) is 0. The van der Waals surface area contributed by atoms with Crippen molar-refractivity contribution in [3.63, 3.8) is 0 Å². The molecule has 1 aromatic rings. The Morgan fingerprint density at radius 1 is 0.543 bits per heavy atom. The summed E-state index contributed by atoms with van der Waals surface area (Å²) in [5.41, 5.74) is 4.25. The molecule has 0 saturated carbocycles. The number of ketones is 2. The lowest BCUT2D eigenvalue weighted by molar-refractivity contribution is -0.114. The smallest absolute Gasteiger partial charge is 0.186 e. The lowest BCUT2D eigenvalue weighted by Crippen LogP contribution is -2.28. The van der Waals surface area contributed by atoms with Gasteiger partial charge < -0.3 is 0 Å². The number of hydrogen-bond acceptors (Lipinski definition) is 4. The molecule has 0 N–H and O–H groups in total. The molecule has 0 fully saturated rings. The predicted molar refractivity (Wildman–Crippen MR) is 148 cm³/mol. The Morgan fingerprint density at radius 2 is 0.857 bits per heavy atom. The molecule has 0 atom stereocenters. The van der Waals surface area contributed by atoms with Crippen molar-refractivity contribution in [3.05, 3.63) is 62.0 Å². The van der Waals surface area contributed by atoms with Crippen LogP contribution in [-0.4, -0.2) is 16.6 Å². The highest BCUT2D eigenvalue weighted by Crippen LogP contribution is 2.40. The highest BCUT2D eigenvalue weighted by Gasteiger charge is 2.35. The van der Waals surface area contributed by atoms with Crippen LogP contribution in [0.1, 0.15) is 83.1 Å². The van der Waals surface area contributed by atoms with Gasteiger partial charge in [0.1, 0.15) is 4.66 Å². The van der Waals surface area contributed by atoms with E-state index in [-0.39, 0.29) is 33.2 Å². The molecule has 1 aromatic heterocycles. The molecule has 0 bridgehead atoms. The van der Waals surface area contributed by atoms with Gasteiger partial charge in [0.2, 0.25) is 0 Å². The van der Waals surface area contributed by atoms with E-state index in [1.54, 1.807) is 11.3 Å². The molecule has 1 heterocycles. The molecule has 2 aliphatic carbocycles. The van der Waals surface area contributed by atoms with Crippen molar-refractivity contribution >= 4 is 34.0 Å². The lowest BCUT2D eigenvalue weighted by atomic mass is 9.72. The van der Waals surface area contributed by atoms with Gasteiger partial charge in [-0.1, -0.05) is 83.1 Å². The van der Waals surface area contributed by atoms with Gasteiger partial charge in [-0.2, -0.15) is 0 Å². The highest BCUT2D eigenvalue weighted by atomic mass is 32.1. The van der Waals surface area contributed by atoms with Crippen LogP contribution in [0.15, 0.2) is 52.8 Å². The summed E-state index contributed by atoms with van der Waals surface area (Å²) in [4.78, 5) is 31.4. The summed E-state index contributed by atoms with van der Waals surface area (Å²) in [6.45, 7) is 25.0. The van der Waals surface area contributed by atoms with Crippen LogP contribution in [-0.2, 0) is 9.59 Å². The first kappa shape index (κ1) is 27.3. The molecule has 0 amide bonds. The minimum Gasteiger partial charge on any atom is -0.289 e. The van der Waals surface area contributed by atoms with Gasteiger partial charge in [-0.25, -0.2) is 4.98 Å². The molecule has 4 heteroatoms. The summed E-state index contributed by atoms with van der Waals surface area (Å²) in [5, 5.41) is 0. The maximum absolute atomic E-state index is 13.3. The second-order valence-electron chi connectivity index (χ2n) is 13.8. The van der Waals surface area contributed by atoms with E-state index >= 15 is 0 Å². The third kappa shape index (κ3) is 5.58. The molecule has 0 spiro atoms. The van der Waals surface area contributed by atoms with E-state index in [2.05, 4.69) is 83.1 Å². The molecule has 35 heavy (non-hydrogen) atoms. The third-order valence-corrected chi connectivity index (χ3v) is 7.54. The average Bonchev–Trinajstić information content (AvgIpc) is 3.14. The van der Waals surface area contributed by atoms with Gasteiger partial charge in [-0.05, 0) is 51.5 Å². The van der Waals surface area contributed by atoms with Crippen molar-refractivity contribution < 1.29 is 9.59 Å². The zero-order valence-electron chi connectivity index (χ0n) is 23.6. The van der Waals surface area contributed by atoms with Crippen molar-refractivity contribution in [2.24, 2.45) is 21.7 Å². The highest BCUT2D eigenvalue weighted by molar-refractivity contribution is 7.07. The fourth-order valence-corrected chi connectivity index (χ4v) is 5.18. The summed E-state index contributed by atoms with van der Waals surface area (Å²) in [6.07, 6.45) is 10.0. The van der Waals surface area contributed by atoms with E-state index in [9.17, 15) is 9.59 Å². The van der Waals surface area contributed by atoms with E-state index < -0.39 is 0 Å². The van der Waals surface area contributed by atoms with Crippen LogP contribution < -0.4 is 9.20 Å². The van der Waals surface area contributed by atoms with E-state index in [1.807, 2.05) is 30.5 Å². The number of Topliss-reactive ketones (excluding diaryl/α,β-unsaturated/α-hetero) is 2. The third-order valence-electron chi connectivity index (χ3n) is 6.45. The van der Waals surface area contributed by atoms with E-state index in [0.29, 0.717) is 0 Å². The molecule has 188 valence electrons. The van der Waals surface area contributed by atoms with Gasteiger partial charge in [0.15, 0.2) is 11.6 Å². The van der Waals surface area contributed by atoms with Crippen molar-refractivity contribution in [2.45, 2.75) is 83.1 Å². The first-order valence-electron chi connectivity index (χ1n) is 12.4. The van der Waals surface area contributed by atoms with Gasteiger partial charge in [0.25, 0.3) is 0 Å². The number of nitrogens with zero attached hydrogens (tertiary/aromatic N) is 1. The number of carbonyl (C=O) groups is 2. The minimum absolute atomic E-state index is 0.126. The summed E-state index contributed by atoms with van der Waals surface area (Å²) < 4.78 is 1.91. The monoisotopic (exact) mass is 491 g/mol. The first-order valence-corrected chi connectivity index (χ1v) is 13.2. The topological polar surface area (TPSA) is 47.0 Å². The van der Waals surface area contributed by atoms with Crippen molar-refractivity contribution in [2.75, 3.05) is 0 Å². The van der Waals surface area contributed by atoms with Crippen LogP contribution >= 0.6 is 11.3 Å². The number of allylic oxidation sites excluding steroid dienone is 8. The standard InChI is InChI=1S/C31H41NO2S/c1-28(2,3)20-13-18(14-21(25(20)33)29(4,5)6)24-17-32-27(35-24)19-15-22(30(7,8)9)26(34)23(16-19)31(10,11)12/h13-17H,1-12H3. The molecule has 0 unspecified atom stereocenters. The Hall–Kier alpha value is -2.33. The predicted octanol–water partition coefficient (Wildman–Crippen LogP) is 6.50. The normalized spacial score (nSPS) is 18.4. The lowest BCUT2D eigenvalue weighted by Gasteiger charge is -2.31. The molecule has 3 nitrogen and oxygen atoms in total. The minimum atomic E-state index is -0.264. The van der Waals surface area contributed by atoms with Crippen LogP contribution in [0.4, 0.5) is 0 Å². The van der Waals surface area contributed by atoms with E-state index in [4.69, 9.17) is 4.98 Å². The zero-order chi connectivity index (χ0) is 26.7. The Balaban J connectivity index is 2.35. The van der Waals surface area contributed by atoms with E-state index in [1.165, 1.54) is 0 Å². The van der Waals surface area contributed by atoms with Crippen LogP contribution in [0.25, 0.3) is 11.1 Å². The van der Waals surface area contributed by atoms with Crippen molar-refractivity contribution in [1.29, 1.82) is 0 Å². The molecule has 0 radical (unpaired) electrons. The number of carbonyl (C=O) groups excluding carboxylic acids is 2. The van der Waals surface area contributed by atoms with Gasteiger partial charge in [0.05, 0.1) is 4.53 Å².